The fourth-order valence-electron chi connectivity index (χ4n) is 0.741. The molecule has 1 rings (SSSR count). The van der Waals surface area contributed by atoms with Crippen molar-refractivity contribution in [3.63, 3.8) is 0 Å². The van der Waals surface area contributed by atoms with Crippen LogP contribution in [0.1, 0.15) is 10.6 Å². The van der Waals surface area contributed by atoms with Crippen LogP contribution in [0.5, 0.6) is 0 Å². The molecule has 0 amide bonds. The highest BCUT2D eigenvalue weighted by atomic mass is 79.9. The highest BCUT2D eigenvalue weighted by molar-refractivity contribution is 9.25. The fourth-order valence-corrected chi connectivity index (χ4v) is 2.33. The summed E-state index contributed by atoms with van der Waals surface area (Å²) in [7, 11) is 0. The molecule has 1 heterocycles. The molecule has 0 fully saturated rings. The average molecular weight is 353 g/mol. The zero-order chi connectivity index (χ0) is 11.0. The molecular weight excluding hydrogens is 351 g/mol. The smallest absolute Gasteiger partial charge is 0.300 e. The van der Waals surface area contributed by atoms with E-state index in [0.717, 1.165) is 5.51 Å². The number of carbonyl (C=O) groups excluding carboxylic acids is 1. The topological polar surface area (TPSA) is 30.0 Å². The molecule has 0 aliphatic heterocycles. The van der Waals surface area contributed by atoms with Gasteiger partial charge >= 0.3 is 6.18 Å². The summed E-state index contributed by atoms with van der Waals surface area (Å²) < 4.78 is 35.5. The molecule has 0 aliphatic carbocycles. The zero-order valence-corrected chi connectivity index (χ0v) is 10.3. The van der Waals surface area contributed by atoms with E-state index in [4.69, 9.17) is 0 Å². The summed E-state index contributed by atoms with van der Waals surface area (Å²) in [4.78, 5) is 13.1. The normalized spacial score (nSPS) is 12.9. The first-order chi connectivity index (χ1) is 6.29. The Morgan fingerprint density at radius 2 is 2.00 bits per heavy atom. The summed E-state index contributed by atoms with van der Waals surface area (Å²) in [6, 6.07) is 0. The number of thiazole rings is 1. The summed E-state index contributed by atoms with van der Waals surface area (Å²) in [5.41, 5.74) is 0.670. The lowest BCUT2D eigenvalue weighted by atomic mass is 10.3. The Kier molecular flexibility index (Phi) is 3.37. The van der Waals surface area contributed by atoms with Gasteiger partial charge in [-0.1, -0.05) is 31.9 Å². The average Bonchev–Trinajstić information content (AvgIpc) is 2.51. The van der Waals surface area contributed by atoms with E-state index in [2.05, 4.69) is 36.8 Å². The van der Waals surface area contributed by atoms with Gasteiger partial charge in [0.05, 0.1) is 11.2 Å². The SMILES string of the molecule is O=CC(Br)(Br)c1ncsc1C(F)(F)F. The quantitative estimate of drug-likeness (QED) is 0.603. The number of aromatic nitrogens is 1. The molecule has 0 saturated carbocycles. The summed E-state index contributed by atoms with van der Waals surface area (Å²) >= 11 is 6.05. The van der Waals surface area contributed by atoms with Crippen LogP contribution in [0, 0.1) is 0 Å². The lowest BCUT2D eigenvalue weighted by Gasteiger charge is -2.13. The van der Waals surface area contributed by atoms with Crippen molar-refractivity contribution in [1.29, 1.82) is 0 Å². The third kappa shape index (κ3) is 2.34. The van der Waals surface area contributed by atoms with Gasteiger partial charge in [0.15, 0.2) is 9.52 Å². The molecule has 1 aromatic rings. The highest BCUT2D eigenvalue weighted by Crippen LogP contribution is 2.44. The number of hydrogen-bond donors (Lipinski definition) is 0. The van der Waals surface area contributed by atoms with Crippen LogP contribution < -0.4 is 0 Å². The van der Waals surface area contributed by atoms with Crippen molar-refractivity contribution < 1.29 is 18.0 Å². The second-order valence-corrected chi connectivity index (χ2v) is 6.69. The predicted molar refractivity (Wildman–Crippen MR) is 52.7 cm³/mol. The van der Waals surface area contributed by atoms with Gasteiger partial charge in [-0.2, -0.15) is 13.2 Å². The number of rotatable bonds is 2. The fraction of sp³-hybridized carbons (Fsp3) is 0.333. The molecule has 0 unspecified atom stereocenters. The monoisotopic (exact) mass is 351 g/mol. The Hall–Kier alpha value is 0.0500. The van der Waals surface area contributed by atoms with Gasteiger partial charge in [0.2, 0.25) is 0 Å². The van der Waals surface area contributed by atoms with Crippen LogP contribution in [0.4, 0.5) is 13.2 Å². The number of hydrogen-bond acceptors (Lipinski definition) is 3. The maximum Gasteiger partial charge on any atom is 0.427 e. The first kappa shape index (κ1) is 12.1. The molecule has 0 spiro atoms. The minimum atomic E-state index is -4.49. The van der Waals surface area contributed by atoms with Crippen molar-refractivity contribution in [2.24, 2.45) is 0 Å². The predicted octanol–water partition coefficient (Wildman–Crippen LogP) is 3.30. The van der Waals surface area contributed by atoms with Gasteiger partial charge in [-0.15, -0.1) is 11.3 Å². The standard InChI is InChI=1S/C6H2Br2F3NOS/c7-5(8,1-13)3-4(6(9,10)11)14-2-12-3/h1-2H. The van der Waals surface area contributed by atoms with Crippen molar-refractivity contribution in [3.8, 4) is 0 Å². The van der Waals surface area contributed by atoms with Crippen LogP contribution >= 0.6 is 43.2 Å². The lowest BCUT2D eigenvalue weighted by molar-refractivity contribution is -0.135. The third-order valence-electron chi connectivity index (χ3n) is 1.29. The number of aldehydes is 1. The Balaban J connectivity index is 3.24. The van der Waals surface area contributed by atoms with Crippen molar-refractivity contribution in [1.82, 2.24) is 4.98 Å². The second kappa shape index (κ2) is 3.90. The summed E-state index contributed by atoms with van der Waals surface area (Å²) in [5.74, 6) is 0. The molecule has 0 aliphatic rings. The minimum Gasteiger partial charge on any atom is -0.300 e. The molecule has 8 heteroatoms. The van der Waals surface area contributed by atoms with Crippen LogP contribution in [-0.4, -0.2) is 11.3 Å². The van der Waals surface area contributed by atoms with Crippen molar-refractivity contribution in [2.45, 2.75) is 9.41 Å². The van der Waals surface area contributed by atoms with Crippen molar-refractivity contribution in [3.05, 3.63) is 16.1 Å². The summed E-state index contributed by atoms with van der Waals surface area (Å²) in [6.07, 6.45) is -4.19. The Morgan fingerprint density at radius 1 is 1.43 bits per heavy atom. The van der Waals surface area contributed by atoms with Crippen LogP contribution in [0.15, 0.2) is 5.51 Å². The Labute approximate surface area is 97.8 Å². The van der Waals surface area contributed by atoms with E-state index < -0.39 is 14.3 Å². The number of nitrogens with zero attached hydrogens (tertiary/aromatic N) is 1. The van der Waals surface area contributed by atoms with E-state index in [1.165, 1.54) is 0 Å². The minimum absolute atomic E-state index is 0.303. The summed E-state index contributed by atoms with van der Waals surface area (Å²) in [5, 5.41) is 0. The van der Waals surface area contributed by atoms with E-state index in [0.29, 0.717) is 17.6 Å². The van der Waals surface area contributed by atoms with Crippen LogP contribution in [0.3, 0.4) is 0 Å². The maximum atomic E-state index is 12.4. The second-order valence-electron chi connectivity index (χ2n) is 2.27. The number of halogens is 5. The highest BCUT2D eigenvalue weighted by Gasteiger charge is 2.42. The van der Waals surface area contributed by atoms with E-state index in [1.54, 1.807) is 0 Å². The molecule has 0 aromatic carbocycles. The lowest BCUT2D eigenvalue weighted by Crippen LogP contribution is -2.17. The third-order valence-corrected chi connectivity index (χ3v) is 3.28. The first-order valence-corrected chi connectivity index (χ1v) is 5.61. The van der Waals surface area contributed by atoms with E-state index in [1.807, 2.05) is 0 Å². The van der Waals surface area contributed by atoms with Gasteiger partial charge in [-0.05, 0) is 0 Å². The molecular formula is C6H2Br2F3NOS. The zero-order valence-electron chi connectivity index (χ0n) is 6.31. The van der Waals surface area contributed by atoms with Gasteiger partial charge in [-0.25, -0.2) is 4.98 Å². The molecule has 2 nitrogen and oxygen atoms in total. The van der Waals surface area contributed by atoms with Crippen LogP contribution in [0.25, 0.3) is 0 Å². The molecule has 0 atom stereocenters. The molecule has 0 N–H and O–H groups in total. The van der Waals surface area contributed by atoms with Crippen molar-refractivity contribution >= 4 is 49.5 Å². The molecule has 14 heavy (non-hydrogen) atoms. The van der Waals surface area contributed by atoms with Gasteiger partial charge in [0, 0.05) is 0 Å². The van der Waals surface area contributed by atoms with Gasteiger partial charge in [-0.3, -0.25) is 0 Å². The molecule has 0 radical (unpaired) electrons. The molecule has 78 valence electrons. The number of alkyl halides is 5. The maximum absolute atomic E-state index is 12.4. The first-order valence-electron chi connectivity index (χ1n) is 3.14. The largest absolute Gasteiger partial charge is 0.427 e. The molecule has 1 aromatic heterocycles. The van der Waals surface area contributed by atoms with Gasteiger partial charge in [0.1, 0.15) is 4.88 Å². The van der Waals surface area contributed by atoms with Gasteiger partial charge < -0.3 is 4.79 Å². The van der Waals surface area contributed by atoms with E-state index in [-0.39, 0.29) is 5.69 Å². The van der Waals surface area contributed by atoms with Crippen molar-refractivity contribution in [2.75, 3.05) is 0 Å². The van der Waals surface area contributed by atoms with E-state index >= 15 is 0 Å². The molecule has 0 saturated heterocycles. The van der Waals surface area contributed by atoms with Crippen LogP contribution in [0.2, 0.25) is 0 Å². The van der Waals surface area contributed by atoms with Crippen LogP contribution in [-0.2, 0) is 14.2 Å². The van der Waals surface area contributed by atoms with E-state index in [9.17, 15) is 18.0 Å². The summed E-state index contributed by atoms with van der Waals surface area (Å²) in [6.45, 7) is 0. The molecule has 0 bridgehead atoms. The number of carbonyl (C=O) groups is 1. The Bertz CT molecular complexity index is 349. The Morgan fingerprint density at radius 3 is 2.43 bits per heavy atom. The van der Waals surface area contributed by atoms with Gasteiger partial charge in [0.25, 0.3) is 0 Å².